The SMILES string of the molecule is CCOC(Cc1ccc(OCC=C(C)C#Cc2cc(F)cc(F)c2)cc1)C(=O)O. The maximum atomic E-state index is 13.1. The molecule has 6 heteroatoms. The Kier molecular flexibility index (Phi) is 8.38. The molecular weight excluding hydrogens is 378 g/mol. The maximum absolute atomic E-state index is 13.1. The van der Waals surface area contributed by atoms with Gasteiger partial charge in [0, 0.05) is 24.7 Å². The third-order valence-electron chi connectivity index (χ3n) is 3.89. The molecule has 0 saturated heterocycles. The Hall–Kier alpha value is -3.17. The lowest BCUT2D eigenvalue weighted by molar-refractivity contribution is -0.149. The van der Waals surface area contributed by atoms with E-state index in [0.29, 0.717) is 17.9 Å². The number of carbonyl (C=O) groups is 1. The Labute approximate surface area is 168 Å². The van der Waals surface area contributed by atoms with E-state index in [2.05, 4.69) is 11.8 Å². The van der Waals surface area contributed by atoms with E-state index in [1.807, 2.05) is 0 Å². The summed E-state index contributed by atoms with van der Waals surface area (Å²) in [7, 11) is 0. The lowest BCUT2D eigenvalue weighted by atomic mass is 10.1. The summed E-state index contributed by atoms with van der Waals surface area (Å²) in [5, 5.41) is 9.13. The zero-order valence-electron chi connectivity index (χ0n) is 16.2. The predicted molar refractivity (Wildman–Crippen MR) is 106 cm³/mol. The molecule has 0 saturated carbocycles. The highest BCUT2D eigenvalue weighted by molar-refractivity contribution is 5.72. The van der Waals surface area contributed by atoms with Crippen LogP contribution in [-0.2, 0) is 16.0 Å². The lowest BCUT2D eigenvalue weighted by Gasteiger charge is -2.12. The number of ether oxygens (including phenoxy) is 2. The van der Waals surface area contributed by atoms with Crippen LogP contribution in [0.3, 0.4) is 0 Å². The molecule has 2 aromatic rings. The van der Waals surface area contributed by atoms with Crippen molar-refractivity contribution in [2.24, 2.45) is 0 Å². The molecule has 0 aliphatic heterocycles. The van der Waals surface area contributed by atoms with Gasteiger partial charge >= 0.3 is 5.97 Å². The average Bonchev–Trinajstić information content (AvgIpc) is 2.66. The number of hydrogen-bond donors (Lipinski definition) is 1. The highest BCUT2D eigenvalue weighted by atomic mass is 19.1. The van der Waals surface area contributed by atoms with Gasteiger partial charge in [-0.05, 0) is 55.3 Å². The van der Waals surface area contributed by atoms with E-state index in [0.717, 1.165) is 11.6 Å². The fourth-order valence-corrected chi connectivity index (χ4v) is 2.47. The highest BCUT2D eigenvalue weighted by Crippen LogP contribution is 2.15. The van der Waals surface area contributed by atoms with E-state index < -0.39 is 23.7 Å². The van der Waals surface area contributed by atoms with Gasteiger partial charge in [-0.3, -0.25) is 0 Å². The van der Waals surface area contributed by atoms with Crippen LogP contribution in [0, 0.1) is 23.5 Å². The number of carboxylic acid groups (broad SMARTS) is 1. The molecule has 0 bridgehead atoms. The van der Waals surface area contributed by atoms with Crippen LogP contribution < -0.4 is 4.74 Å². The summed E-state index contributed by atoms with van der Waals surface area (Å²) in [6.45, 7) is 4.13. The minimum absolute atomic E-state index is 0.262. The van der Waals surface area contributed by atoms with Crippen LogP contribution in [0.4, 0.5) is 8.78 Å². The van der Waals surface area contributed by atoms with Gasteiger partial charge in [0.05, 0.1) is 0 Å². The summed E-state index contributed by atoms with van der Waals surface area (Å²) < 4.78 is 37.1. The van der Waals surface area contributed by atoms with Gasteiger partial charge in [-0.2, -0.15) is 0 Å². The zero-order valence-corrected chi connectivity index (χ0v) is 16.2. The highest BCUT2D eigenvalue weighted by Gasteiger charge is 2.17. The van der Waals surface area contributed by atoms with Crippen LogP contribution in [0.5, 0.6) is 5.75 Å². The first kappa shape index (κ1) is 22.1. The summed E-state index contributed by atoms with van der Waals surface area (Å²) in [4.78, 5) is 11.1. The van der Waals surface area contributed by atoms with Gasteiger partial charge in [-0.1, -0.05) is 24.0 Å². The minimum Gasteiger partial charge on any atom is -0.490 e. The Morgan fingerprint density at radius 2 is 1.83 bits per heavy atom. The van der Waals surface area contributed by atoms with Crippen molar-refractivity contribution in [3.8, 4) is 17.6 Å². The van der Waals surface area contributed by atoms with Crippen LogP contribution >= 0.6 is 0 Å². The first-order chi connectivity index (χ1) is 13.9. The number of halogens is 2. The van der Waals surface area contributed by atoms with Crippen molar-refractivity contribution >= 4 is 5.97 Å². The Bertz CT molecular complexity index is 904. The van der Waals surface area contributed by atoms with Gasteiger partial charge in [0.15, 0.2) is 6.10 Å². The second kappa shape index (κ2) is 11.0. The summed E-state index contributed by atoms with van der Waals surface area (Å²) >= 11 is 0. The number of carboxylic acids is 1. The van der Waals surface area contributed by atoms with E-state index in [4.69, 9.17) is 14.6 Å². The zero-order chi connectivity index (χ0) is 21.2. The minimum atomic E-state index is -0.991. The van der Waals surface area contributed by atoms with Crippen LogP contribution in [-0.4, -0.2) is 30.4 Å². The Balaban J connectivity index is 1.89. The third-order valence-corrected chi connectivity index (χ3v) is 3.89. The Morgan fingerprint density at radius 3 is 2.41 bits per heavy atom. The number of aliphatic carboxylic acids is 1. The van der Waals surface area contributed by atoms with Crippen molar-refractivity contribution in [2.75, 3.05) is 13.2 Å². The fraction of sp³-hybridized carbons (Fsp3) is 0.261. The quantitative estimate of drug-likeness (QED) is 0.669. The standard InChI is InChI=1S/C23H22F2O4/c1-3-28-22(23(26)27)14-17-6-8-21(9-7-17)29-11-10-16(2)4-5-18-12-19(24)15-20(25)13-18/h6-10,12-13,15,22H,3,11,14H2,1-2H3,(H,26,27). The molecule has 0 radical (unpaired) electrons. The molecule has 0 aliphatic carbocycles. The molecule has 0 aromatic heterocycles. The molecule has 2 rings (SSSR count). The molecule has 152 valence electrons. The molecule has 29 heavy (non-hydrogen) atoms. The van der Waals surface area contributed by atoms with Gasteiger partial charge < -0.3 is 14.6 Å². The van der Waals surface area contributed by atoms with Crippen molar-refractivity contribution in [1.29, 1.82) is 0 Å². The number of rotatable bonds is 8. The van der Waals surface area contributed by atoms with Crippen molar-refractivity contribution in [3.63, 3.8) is 0 Å². The lowest BCUT2D eigenvalue weighted by Crippen LogP contribution is -2.26. The summed E-state index contributed by atoms with van der Waals surface area (Å²) in [5.74, 6) is 3.83. The first-order valence-electron chi connectivity index (χ1n) is 9.08. The second-order valence-corrected chi connectivity index (χ2v) is 6.24. The van der Waals surface area contributed by atoms with Crippen LogP contribution in [0.25, 0.3) is 0 Å². The maximum Gasteiger partial charge on any atom is 0.333 e. The van der Waals surface area contributed by atoms with E-state index in [-0.39, 0.29) is 18.6 Å². The molecular formula is C23H22F2O4. The Morgan fingerprint density at radius 1 is 1.17 bits per heavy atom. The number of benzene rings is 2. The second-order valence-electron chi connectivity index (χ2n) is 6.24. The number of allylic oxidation sites excluding steroid dienone is 1. The fourth-order valence-electron chi connectivity index (χ4n) is 2.47. The summed E-state index contributed by atoms with van der Waals surface area (Å²) in [5.41, 5.74) is 1.80. The monoisotopic (exact) mass is 400 g/mol. The van der Waals surface area contributed by atoms with E-state index in [9.17, 15) is 13.6 Å². The molecule has 1 atom stereocenters. The molecule has 1 unspecified atom stereocenters. The molecule has 2 aromatic carbocycles. The summed E-state index contributed by atoms with van der Waals surface area (Å²) in [6.07, 6.45) is 1.16. The average molecular weight is 400 g/mol. The van der Waals surface area contributed by atoms with Crippen LogP contribution in [0.2, 0.25) is 0 Å². The molecule has 0 amide bonds. The van der Waals surface area contributed by atoms with Crippen molar-refractivity contribution < 1.29 is 28.2 Å². The summed E-state index contributed by atoms with van der Waals surface area (Å²) in [6, 6.07) is 10.2. The smallest absolute Gasteiger partial charge is 0.333 e. The van der Waals surface area contributed by atoms with Gasteiger partial charge in [-0.25, -0.2) is 13.6 Å². The largest absolute Gasteiger partial charge is 0.490 e. The van der Waals surface area contributed by atoms with Crippen LogP contribution in [0.15, 0.2) is 54.1 Å². The predicted octanol–water partition coefficient (Wildman–Crippen LogP) is 4.37. The van der Waals surface area contributed by atoms with Crippen molar-refractivity contribution in [3.05, 3.63) is 76.9 Å². The topological polar surface area (TPSA) is 55.8 Å². The first-order valence-corrected chi connectivity index (χ1v) is 9.08. The van der Waals surface area contributed by atoms with Gasteiger partial charge in [0.1, 0.15) is 24.0 Å². The van der Waals surface area contributed by atoms with Crippen LogP contribution in [0.1, 0.15) is 25.0 Å². The normalized spacial score (nSPS) is 12.1. The van der Waals surface area contributed by atoms with Crippen molar-refractivity contribution in [2.45, 2.75) is 26.4 Å². The van der Waals surface area contributed by atoms with Crippen molar-refractivity contribution in [1.82, 2.24) is 0 Å². The molecule has 0 heterocycles. The molecule has 1 N–H and O–H groups in total. The van der Waals surface area contributed by atoms with E-state index >= 15 is 0 Å². The third kappa shape index (κ3) is 7.76. The van der Waals surface area contributed by atoms with Gasteiger partial charge in [0.2, 0.25) is 0 Å². The molecule has 0 aliphatic rings. The van der Waals surface area contributed by atoms with Gasteiger partial charge in [-0.15, -0.1) is 0 Å². The molecule has 4 nitrogen and oxygen atoms in total. The van der Waals surface area contributed by atoms with Gasteiger partial charge in [0.25, 0.3) is 0 Å². The molecule has 0 spiro atoms. The van der Waals surface area contributed by atoms with E-state index in [1.165, 1.54) is 12.1 Å². The molecule has 0 fully saturated rings. The van der Waals surface area contributed by atoms with E-state index in [1.54, 1.807) is 44.2 Å². The number of hydrogen-bond acceptors (Lipinski definition) is 3.